The molecule has 0 radical (unpaired) electrons. The van der Waals surface area contributed by atoms with Crippen LogP contribution in [0.15, 0.2) is 36.5 Å². The van der Waals surface area contributed by atoms with E-state index in [0.29, 0.717) is 18.5 Å². The molecular weight excluding hydrogens is 214 g/mol. The van der Waals surface area contributed by atoms with Gasteiger partial charge < -0.3 is 5.32 Å². The number of carbonyl (C=O) groups is 1. The van der Waals surface area contributed by atoms with Crippen LogP contribution in [0.1, 0.15) is 16.8 Å². The van der Waals surface area contributed by atoms with E-state index in [1.807, 2.05) is 30.3 Å². The topological polar surface area (TPSA) is 65.8 Å². The van der Waals surface area contributed by atoms with Crippen molar-refractivity contribution in [1.82, 2.24) is 10.3 Å². The minimum atomic E-state index is -0.168. The van der Waals surface area contributed by atoms with Crippen molar-refractivity contribution in [2.24, 2.45) is 0 Å². The number of fused-ring (bicyclic) bond motifs is 1. The van der Waals surface area contributed by atoms with E-state index in [2.05, 4.69) is 10.3 Å². The summed E-state index contributed by atoms with van der Waals surface area (Å²) in [5, 5.41) is 11.9. The van der Waals surface area contributed by atoms with Crippen LogP contribution in [0.4, 0.5) is 0 Å². The third-order valence-corrected chi connectivity index (χ3v) is 2.42. The lowest BCUT2D eigenvalue weighted by molar-refractivity contribution is 0.0956. The van der Waals surface area contributed by atoms with Gasteiger partial charge in [-0.05, 0) is 12.1 Å². The predicted octanol–water partition coefficient (Wildman–Crippen LogP) is 1.88. The van der Waals surface area contributed by atoms with Gasteiger partial charge in [0.15, 0.2) is 0 Å². The number of para-hydroxylation sites is 1. The third kappa shape index (κ3) is 2.40. The number of hydrogen-bond acceptors (Lipinski definition) is 3. The number of carbonyl (C=O) groups excluding carboxylic acids is 1. The molecule has 0 fully saturated rings. The van der Waals surface area contributed by atoms with Crippen molar-refractivity contribution in [3.63, 3.8) is 0 Å². The monoisotopic (exact) mass is 225 g/mol. The number of rotatable bonds is 3. The standard InChI is InChI=1S/C13H11N3O/c14-7-3-8-16-13(17)11-6-9-15-12-5-2-1-4-10(11)12/h1-2,4-6,9H,3,8H2,(H,16,17). The lowest BCUT2D eigenvalue weighted by Crippen LogP contribution is -2.24. The first kappa shape index (κ1) is 11.1. The van der Waals surface area contributed by atoms with Gasteiger partial charge in [0.25, 0.3) is 5.91 Å². The van der Waals surface area contributed by atoms with Crippen LogP contribution in [0.5, 0.6) is 0 Å². The van der Waals surface area contributed by atoms with Gasteiger partial charge in [0.1, 0.15) is 0 Å². The molecule has 1 aromatic heterocycles. The number of amides is 1. The molecule has 0 saturated carbocycles. The second-order valence-electron chi connectivity index (χ2n) is 3.54. The van der Waals surface area contributed by atoms with Crippen molar-refractivity contribution in [2.75, 3.05) is 6.54 Å². The molecule has 4 nitrogen and oxygen atoms in total. The zero-order chi connectivity index (χ0) is 12.1. The van der Waals surface area contributed by atoms with E-state index >= 15 is 0 Å². The van der Waals surface area contributed by atoms with E-state index in [9.17, 15) is 4.79 Å². The smallest absolute Gasteiger partial charge is 0.252 e. The number of nitrogens with zero attached hydrogens (tertiary/aromatic N) is 2. The highest BCUT2D eigenvalue weighted by molar-refractivity contribution is 6.05. The number of aromatic nitrogens is 1. The molecule has 0 unspecified atom stereocenters. The Bertz CT molecular complexity index is 581. The van der Waals surface area contributed by atoms with Crippen molar-refractivity contribution in [2.45, 2.75) is 6.42 Å². The molecular formula is C13H11N3O. The Morgan fingerprint density at radius 2 is 2.18 bits per heavy atom. The van der Waals surface area contributed by atoms with E-state index in [-0.39, 0.29) is 5.91 Å². The molecule has 4 heteroatoms. The molecule has 2 aromatic rings. The normalized spacial score (nSPS) is 9.82. The average molecular weight is 225 g/mol. The SMILES string of the molecule is N#CCCNC(=O)c1ccnc2ccccc12. The van der Waals surface area contributed by atoms with Gasteiger partial charge in [0.2, 0.25) is 0 Å². The molecule has 17 heavy (non-hydrogen) atoms. The molecule has 1 N–H and O–H groups in total. The Balaban J connectivity index is 2.29. The van der Waals surface area contributed by atoms with Crippen LogP contribution in [-0.4, -0.2) is 17.4 Å². The van der Waals surface area contributed by atoms with Gasteiger partial charge >= 0.3 is 0 Å². The highest BCUT2D eigenvalue weighted by Gasteiger charge is 2.08. The summed E-state index contributed by atoms with van der Waals surface area (Å²) in [7, 11) is 0. The fourth-order valence-electron chi connectivity index (χ4n) is 1.62. The maximum Gasteiger partial charge on any atom is 0.252 e. The molecule has 1 amide bonds. The Morgan fingerprint density at radius 3 is 3.00 bits per heavy atom. The molecule has 0 aliphatic rings. The van der Waals surface area contributed by atoms with Gasteiger partial charge in [0, 0.05) is 18.1 Å². The highest BCUT2D eigenvalue weighted by atomic mass is 16.1. The molecule has 0 aliphatic carbocycles. The van der Waals surface area contributed by atoms with Crippen LogP contribution in [-0.2, 0) is 0 Å². The van der Waals surface area contributed by atoms with Crippen molar-refractivity contribution >= 4 is 16.8 Å². The van der Waals surface area contributed by atoms with Crippen LogP contribution in [0, 0.1) is 11.3 Å². The van der Waals surface area contributed by atoms with Crippen molar-refractivity contribution in [1.29, 1.82) is 5.26 Å². The van der Waals surface area contributed by atoms with Gasteiger partial charge in [-0.1, -0.05) is 18.2 Å². The van der Waals surface area contributed by atoms with E-state index in [1.165, 1.54) is 0 Å². The van der Waals surface area contributed by atoms with E-state index in [1.54, 1.807) is 12.3 Å². The molecule has 0 spiro atoms. The molecule has 0 saturated heterocycles. The van der Waals surface area contributed by atoms with Crippen molar-refractivity contribution < 1.29 is 4.79 Å². The number of nitrogens with one attached hydrogen (secondary N) is 1. The van der Waals surface area contributed by atoms with Crippen LogP contribution < -0.4 is 5.32 Å². The van der Waals surface area contributed by atoms with Gasteiger partial charge in [0.05, 0.1) is 23.6 Å². The van der Waals surface area contributed by atoms with Crippen molar-refractivity contribution in [3.05, 3.63) is 42.1 Å². The first-order valence-electron chi connectivity index (χ1n) is 5.32. The lowest BCUT2D eigenvalue weighted by Gasteiger charge is -2.05. The minimum Gasteiger partial charge on any atom is -0.351 e. The van der Waals surface area contributed by atoms with E-state index in [4.69, 9.17) is 5.26 Å². The maximum absolute atomic E-state index is 11.9. The van der Waals surface area contributed by atoms with Gasteiger partial charge in [-0.25, -0.2) is 0 Å². The quantitative estimate of drug-likeness (QED) is 0.811. The summed E-state index contributed by atoms with van der Waals surface area (Å²) >= 11 is 0. The largest absolute Gasteiger partial charge is 0.351 e. The predicted molar refractivity (Wildman–Crippen MR) is 64.3 cm³/mol. The summed E-state index contributed by atoms with van der Waals surface area (Å²) in [5.74, 6) is -0.168. The van der Waals surface area contributed by atoms with Gasteiger partial charge in [-0.2, -0.15) is 5.26 Å². The van der Waals surface area contributed by atoms with Gasteiger partial charge in [-0.15, -0.1) is 0 Å². The number of nitriles is 1. The summed E-state index contributed by atoms with van der Waals surface area (Å²) in [6.45, 7) is 0.367. The van der Waals surface area contributed by atoms with E-state index in [0.717, 1.165) is 10.9 Å². The maximum atomic E-state index is 11.9. The minimum absolute atomic E-state index is 0.168. The lowest BCUT2D eigenvalue weighted by atomic mass is 10.1. The summed E-state index contributed by atoms with van der Waals surface area (Å²) in [6.07, 6.45) is 1.93. The molecule has 0 atom stereocenters. The number of hydrogen-bond donors (Lipinski definition) is 1. The van der Waals surface area contributed by atoms with Crippen LogP contribution in [0.3, 0.4) is 0 Å². The number of benzene rings is 1. The van der Waals surface area contributed by atoms with Crippen molar-refractivity contribution in [3.8, 4) is 6.07 Å². The zero-order valence-electron chi connectivity index (χ0n) is 9.18. The molecule has 1 aromatic carbocycles. The third-order valence-electron chi connectivity index (χ3n) is 2.42. The van der Waals surface area contributed by atoms with Crippen LogP contribution >= 0.6 is 0 Å². The first-order chi connectivity index (χ1) is 8.33. The Kier molecular flexibility index (Phi) is 3.31. The Labute approximate surface area is 98.9 Å². The summed E-state index contributed by atoms with van der Waals surface area (Å²) in [5.41, 5.74) is 1.38. The first-order valence-corrected chi connectivity index (χ1v) is 5.32. The average Bonchev–Trinajstić information content (AvgIpc) is 2.38. The summed E-state index contributed by atoms with van der Waals surface area (Å²) in [4.78, 5) is 16.1. The molecule has 84 valence electrons. The zero-order valence-corrected chi connectivity index (χ0v) is 9.18. The van der Waals surface area contributed by atoms with E-state index < -0.39 is 0 Å². The molecule has 1 heterocycles. The fraction of sp³-hybridized carbons (Fsp3) is 0.154. The number of pyridine rings is 1. The molecule has 2 rings (SSSR count). The fourth-order valence-corrected chi connectivity index (χ4v) is 1.62. The molecule has 0 bridgehead atoms. The van der Waals surface area contributed by atoms with Crippen LogP contribution in [0.2, 0.25) is 0 Å². The molecule has 0 aliphatic heterocycles. The second kappa shape index (κ2) is 5.08. The Morgan fingerprint density at radius 1 is 1.35 bits per heavy atom. The van der Waals surface area contributed by atoms with Gasteiger partial charge in [-0.3, -0.25) is 9.78 Å². The summed E-state index contributed by atoms with van der Waals surface area (Å²) in [6, 6.07) is 11.1. The Hall–Kier alpha value is -2.41. The summed E-state index contributed by atoms with van der Waals surface area (Å²) < 4.78 is 0. The second-order valence-corrected chi connectivity index (χ2v) is 3.54. The van der Waals surface area contributed by atoms with Crippen LogP contribution in [0.25, 0.3) is 10.9 Å². The highest BCUT2D eigenvalue weighted by Crippen LogP contribution is 2.15.